The van der Waals surface area contributed by atoms with Crippen LogP contribution in [0.1, 0.15) is 21.5 Å². The fraction of sp³-hybridized carbons (Fsp3) is 0.158. The van der Waals surface area contributed by atoms with E-state index in [1.165, 1.54) is 29.8 Å². The first-order valence-electron chi connectivity index (χ1n) is 8.11. The van der Waals surface area contributed by atoms with Gasteiger partial charge in [-0.3, -0.25) is 14.9 Å². The second-order valence-corrected chi connectivity index (χ2v) is 6.17. The molecular formula is C19H14N2O5. The SMILES string of the molecule is O=C(c1cc2cc([N+](=O)[O-])ccc2oc1=O)N1CCc2ccccc2C1. The standard InChI is InChI=1S/C19H14N2O5/c22-18(20-8-7-12-3-1-2-4-13(12)11-20)16-10-14-9-15(21(24)25)5-6-17(14)26-19(16)23/h1-6,9-10H,7-8,11H2. The summed E-state index contributed by atoms with van der Waals surface area (Å²) in [5.41, 5.74) is 1.47. The van der Waals surface area contributed by atoms with E-state index in [2.05, 4.69) is 0 Å². The minimum absolute atomic E-state index is 0.114. The minimum Gasteiger partial charge on any atom is -0.422 e. The van der Waals surface area contributed by atoms with Gasteiger partial charge in [0.05, 0.1) is 4.92 Å². The molecule has 0 bridgehead atoms. The molecule has 0 N–H and O–H groups in total. The average Bonchev–Trinajstić information content (AvgIpc) is 2.66. The molecule has 1 aliphatic rings. The quantitative estimate of drug-likeness (QED) is 0.402. The molecule has 0 unspecified atom stereocenters. The van der Waals surface area contributed by atoms with E-state index >= 15 is 0 Å². The smallest absolute Gasteiger partial charge is 0.349 e. The van der Waals surface area contributed by atoms with Gasteiger partial charge >= 0.3 is 5.63 Å². The fourth-order valence-electron chi connectivity index (χ4n) is 3.21. The summed E-state index contributed by atoms with van der Waals surface area (Å²) in [6, 6.07) is 13.1. The predicted octanol–water partition coefficient (Wildman–Crippen LogP) is 2.90. The Kier molecular flexibility index (Phi) is 3.76. The maximum atomic E-state index is 12.8. The van der Waals surface area contributed by atoms with E-state index in [1.807, 2.05) is 24.3 Å². The molecule has 4 rings (SSSR count). The van der Waals surface area contributed by atoms with Crippen molar-refractivity contribution in [2.24, 2.45) is 0 Å². The molecule has 0 saturated heterocycles. The topological polar surface area (TPSA) is 93.7 Å². The normalized spacial score (nSPS) is 13.5. The van der Waals surface area contributed by atoms with E-state index in [0.29, 0.717) is 24.9 Å². The third-order valence-corrected chi connectivity index (χ3v) is 4.57. The molecule has 3 aromatic rings. The van der Waals surface area contributed by atoms with Crippen molar-refractivity contribution in [3.05, 3.63) is 85.8 Å². The molecule has 1 aliphatic heterocycles. The molecular weight excluding hydrogens is 336 g/mol. The summed E-state index contributed by atoms with van der Waals surface area (Å²) in [7, 11) is 0. The number of nitro benzene ring substituents is 1. The Labute approximate surface area is 147 Å². The number of benzene rings is 2. The number of amides is 1. The van der Waals surface area contributed by atoms with Crippen LogP contribution in [0.5, 0.6) is 0 Å². The van der Waals surface area contributed by atoms with Gasteiger partial charge in [0.25, 0.3) is 11.6 Å². The van der Waals surface area contributed by atoms with Gasteiger partial charge in [-0.1, -0.05) is 24.3 Å². The van der Waals surface area contributed by atoms with Gasteiger partial charge in [-0.2, -0.15) is 0 Å². The van der Waals surface area contributed by atoms with Crippen molar-refractivity contribution < 1.29 is 14.1 Å². The van der Waals surface area contributed by atoms with E-state index in [1.54, 1.807) is 4.90 Å². The van der Waals surface area contributed by atoms with E-state index in [4.69, 9.17) is 4.42 Å². The van der Waals surface area contributed by atoms with Crippen LogP contribution >= 0.6 is 0 Å². The summed E-state index contributed by atoms with van der Waals surface area (Å²) in [5, 5.41) is 11.3. The van der Waals surface area contributed by atoms with E-state index in [9.17, 15) is 19.7 Å². The van der Waals surface area contributed by atoms with Crippen LogP contribution in [0.3, 0.4) is 0 Å². The summed E-state index contributed by atoms with van der Waals surface area (Å²) < 4.78 is 5.18. The third kappa shape index (κ3) is 2.73. The number of hydrogen-bond acceptors (Lipinski definition) is 5. The first kappa shape index (κ1) is 16.0. The van der Waals surface area contributed by atoms with Crippen molar-refractivity contribution in [3.8, 4) is 0 Å². The van der Waals surface area contributed by atoms with Crippen molar-refractivity contribution in [3.63, 3.8) is 0 Å². The van der Waals surface area contributed by atoms with Crippen LogP contribution in [0.2, 0.25) is 0 Å². The number of hydrogen-bond donors (Lipinski definition) is 0. The zero-order valence-corrected chi connectivity index (χ0v) is 13.7. The van der Waals surface area contributed by atoms with Crippen molar-refractivity contribution in [2.45, 2.75) is 13.0 Å². The van der Waals surface area contributed by atoms with Gasteiger partial charge in [-0.15, -0.1) is 0 Å². The maximum Gasteiger partial charge on any atom is 0.349 e. The average molecular weight is 350 g/mol. The highest BCUT2D eigenvalue weighted by Crippen LogP contribution is 2.23. The fourth-order valence-corrected chi connectivity index (χ4v) is 3.21. The van der Waals surface area contributed by atoms with Crippen LogP contribution in [0.25, 0.3) is 11.0 Å². The molecule has 2 aromatic carbocycles. The molecule has 0 spiro atoms. The number of carbonyl (C=O) groups excluding carboxylic acids is 1. The molecule has 0 aliphatic carbocycles. The lowest BCUT2D eigenvalue weighted by Crippen LogP contribution is -2.38. The molecule has 0 atom stereocenters. The zero-order valence-electron chi connectivity index (χ0n) is 13.7. The van der Waals surface area contributed by atoms with Crippen molar-refractivity contribution in [2.75, 3.05) is 6.54 Å². The Morgan fingerprint density at radius 1 is 1.12 bits per heavy atom. The molecule has 2 heterocycles. The van der Waals surface area contributed by atoms with E-state index in [-0.39, 0.29) is 16.8 Å². The van der Waals surface area contributed by atoms with Gasteiger partial charge < -0.3 is 9.32 Å². The molecule has 0 radical (unpaired) electrons. The molecule has 0 saturated carbocycles. The Morgan fingerprint density at radius 3 is 2.65 bits per heavy atom. The second-order valence-electron chi connectivity index (χ2n) is 6.17. The number of nitrogens with zero attached hydrogens (tertiary/aromatic N) is 2. The highest BCUT2D eigenvalue weighted by Gasteiger charge is 2.24. The minimum atomic E-state index is -0.741. The van der Waals surface area contributed by atoms with Gasteiger partial charge in [0.2, 0.25) is 0 Å². The van der Waals surface area contributed by atoms with Crippen LogP contribution in [-0.2, 0) is 13.0 Å². The van der Waals surface area contributed by atoms with Crippen LogP contribution < -0.4 is 5.63 Å². The van der Waals surface area contributed by atoms with Crippen LogP contribution in [0.15, 0.2) is 57.7 Å². The van der Waals surface area contributed by atoms with Crippen molar-refractivity contribution in [1.29, 1.82) is 0 Å². The van der Waals surface area contributed by atoms with Crippen molar-refractivity contribution in [1.82, 2.24) is 4.90 Å². The largest absolute Gasteiger partial charge is 0.422 e. The molecule has 1 amide bonds. The summed E-state index contributed by atoms with van der Waals surface area (Å²) in [5.74, 6) is -0.429. The number of fused-ring (bicyclic) bond motifs is 2. The lowest BCUT2D eigenvalue weighted by molar-refractivity contribution is -0.384. The first-order chi connectivity index (χ1) is 12.5. The summed E-state index contributed by atoms with van der Waals surface area (Å²) >= 11 is 0. The third-order valence-electron chi connectivity index (χ3n) is 4.57. The Morgan fingerprint density at radius 2 is 1.88 bits per heavy atom. The number of non-ortho nitro benzene ring substituents is 1. The van der Waals surface area contributed by atoms with E-state index in [0.717, 1.165) is 5.56 Å². The monoisotopic (exact) mass is 350 g/mol. The van der Waals surface area contributed by atoms with E-state index < -0.39 is 16.5 Å². The van der Waals surface area contributed by atoms with Crippen LogP contribution in [-0.4, -0.2) is 22.3 Å². The molecule has 130 valence electrons. The maximum absolute atomic E-state index is 12.8. The van der Waals surface area contributed by atoms with Gasteiger partial charge in [-0.05, 0) is 29.7 Å². The molecule has 0 fully saturated rings. The van der Waals surface area contributed by atoms with Crippen LogP contribution in [0, 0.1) is 10.1 Å². The number of nitro groups is 1. The van der Waals surface area contributed by atoms with Gasteiger partial charge in [0.1, 0.15) is 11.1 Å². The van der Waals surface area contributed by atoms with Gasteiger partial charge in [0, 0.05) is 30.6 Å². The summed E-state index contributed by atoms with van der Waals surface area (Å²) in [6.45, 7) is 0.920. The highest BCUT2D eigenvalue weighted by atomic mass is 16.6. The summed E-state index contributed by atoms with van der Waals surface area (Å²) in [6.07, 6.45) is 0.715. The van der Waals surface area contributed by atoms with Gasteiger partial charge in [-0.25, -0.2) is 4.79 Å². The predicted molar refractivity (Wildman–Crippen MR) is 94.0 cm³/mol. The van der Waals surface area contributed by atoms with Gasteiger partial charge in [0.15, 0.2) is 0 Å². The molecule has 7 nitrogen and oxygen atoms in total. The summed E-state index contributed by atoms with van der Waals surface area (Å²) in [4.78, 5) is 37.1. The first-order valence-corrected chi connectivity index (χ1v) is 8.11. The lowest BCUT2D eigenvalue weighted by Gasteiger charge is -2.28. The lowest BCUT2D eigenvalue weighted by atomic mass is 9.99. The Balaban J connectivity index is 1.71. The molecule has 26 heavy (non-hydrogen) atoms. The Hall–Kier alpha value is -3.48. The second kappa shape index (κ2) is 6.11. The molecule has 7 heteroatoms. The van der Waals surface area contributed by atoms with Crippen LogP contribution in [0.4, 0.5) is 5.69 Å². The number of rotatable bonds is 2. The molecule has 1 aromatic heterocycles. The highest BCUT2D eigenvalue weighted by molar-refractivity contribution is 5.97. The number of carbonyl (C=O) groups is 1. The Bertz CT molecular complexity index is 1100. The van der Waals surface area contributed by atoms with Crippen molar-refractivity contribution >= 4 is 22.6 Å². The zero-order chi connectivity index (χ0) is 18.3.